The molecule has 1 aromatic heterocycles. The van der Waals surface area contributed by atoms with E-state index in [1.165, 1.54) is 44.1 Å². The van der Waals surface area contributed by atoms with E-state index in [4.69, 9.17) is 0 Å². The van der Waals surface area contributed by atoms with Crippen molar-refractivity contribution in [3.05, 3.63) is 21.9 Å². The largest absolute Gasteiger partial charge is 0.339 e. The first kappa shape index (κ1) is 14.4. The topological polar surface area (TPSA) is 20.3 Å². The van der Waals surface area contributed by atoms with E-state index in [1.807, 2.05) is 11.3 Å². The van der Waals surface area contributed by atoms with Crippen LogP contribution < -0.4 is 0 Å². The minimum absolute atomic E-state index is 0.298. The van der Waals surface area contributed by atoms with Gasteiger partial charge in [0.2, 0.25) is 5.91 Å². The van der Waals surface area contributed by atoms with Gasteiger partial charge in [0.1, 0.15) is 0 Å². The van der Waals surface area contributed by atoms with E-state index in [0.29, 0.717) is 23.8 Å². The summed E-state index contributed by atoms with van der Waals surface area (Å²) in [6.45, 7) is 1.07. The predicted molar refractivity (Wildman–Crippen MR) is 95.9 cm³/mol. The Hall–Kier alpha value is -0.830. The molecule has 7 atom stereocenters. The Balaban J connectivity index is 1.30. The van der Waals surface area contributed by atoms with Crippen molar-refractivity contribution >= 4 is 17.2 Å². The number of amides is 1. The fraction of sp³-hybridized carbons (Fsp3) is 0.762. The molecule has 2 heterocycles. The standard InChI is InChI=1S/C21H27NOS/c23-21-18-9-14-5-6-24-19(14)10-16(18)11-22(21)20-15-4-3-13-2-1-12(7-15)8-17(13)20/h5-6,12-13,15-18,20H,1-4,7-11H2/t12?,13?,15?,16-,17?,18+,20?/m1/s1. The van der Waals surface area contributed by atoms with Gasteiger partial charge in [-0.1, -0.05) is 6.42 Å². The van der Waals surface area contributed by atoms with Crippen molar-refractivity contribution in [1.82, 2.24) is 4.90 Å². The van der Waals surface area contributed by atoms with Crippen molar-refractivity contribution in [2.75, 3.05) is 6.54 Å². The lowest BCUT2D eigenvalue weighted by Crippen LogP contribution is -2.56. The van der Waals surface area contributed by atoms with Gasteiger partial charge in [0.05, 0.1) is 0 Å². The highest BCUT2D eigenvalue weighted by molar-refractivity contribution is 7.10. The molecule has 1 aromatic rings. The Morgan fingerprint density at radius 2 is 1.88 bits per heavy atom. The van der Waals surface area contributed by atoms with Gasteiger partial charge in [0.15, 0.2) is 0 Å². The number of nitrogens with zero attached hydrogens (tertiary/aromatic N) is 1. The molecule has 128 valence electrons. The van der Waals surface area contributed by atoms with E-state index < -0.39 is 0 Å². The first-order valence-electron chi connectivity index (χ1n) is 10.1. The number of hydrogen-bond acceptors (Lipinski definition) is 2. The zero-order chi connectivity index (χ0) is 15.8. The Kier molecular flexibility index (Phi) is 3.05. The third kappa shape index (κ3) is 1.91. The van der Waals surface area contributed by atoms with Crippen LogP contribution in [0.5, 0.6) is 0 Å². The number of thiophene rings is 1. The van der Waals surface area contributed by atoms with Crippen molar-refractivity contribution in [3.63, 3.8) is 0 Å². The Labute approximate surface area is 148 Å². The van der Waals surface area contributed by atoms with Crippen molar-refractivity contribution in [3.8, 4) is 0 Å². The van der Waals surface area contributed by atoms with Gasteiger partial charge in [0, 0.05) is 23.4 Å². The Bertz CT molecular complexity index is 677. The normalized spacial score (nSPS) is 46.1. The molecule has 4 fully saturated rings. The molecule has 0 N–H and O–H groups in total. The summed E-state index contributed by atoms with van der Waals surface area (Å²) in [5, 5.41) is 2.22. The van der Waals surface area contributed by atoms with Crippen LogP contribution in [-0.4, -0.2) is 23.4 Å². The van der Waals surface area contributed by atoms with Gasteiger partial charge in [-0.15, -0.1) is 11.3 Å². The van der Waals surface area contributed by atoms with Crippen LogP contribution in [0.25, 0.3) is 0 Å². The van der Waals surface area contributed by atoms with Crippen LogP contribution in [0.1, 0.15) is 49.0 Å². The second-order valence-electron chi connectivity index (χ2n) is 9.30. The highest BCUT2D eigenvalue weighted by atomic mass is 32.1. The molecule has 0 spiro atoms. The third-order valence-corrected chi connectivity index (χ3v) is 9.29. The molecule has 4 aliphatic carbocycles. The van der Waals surface area contributed by atoms with Gasteiger partial charge >= 0.3 is 0 Å². The first-order chi connectivity index (χ1) is 11.8. The molecule has 5 unspecified atom stereocenters. The zero-order valence-electron chi connectivity index (χ0n) is 14.3. The maximum atomic E-state index is 13.3. The van der Waals surface area contributed by atoms with Crippen LogP contribution in [-0.2, 0) is 17.6 Å². The van der Waals surface area contributed by atoms with Crippen molar-refractivity contribution in [2.24, 2.45) is 35.5 Å². The lowest BCUT2D eigenvalue weighted by atomic mass is 9.55. The fourth-order valence-electron chi connectivity index (χ4n) is 7.29. The molecule has 1 aliphatic heterocycles. The summed E-state index contributed by atoms with van der Waals surface area (Å²) < 4.78 is 0. The number of hydrogen-bond donors (Lipinski definition) is 0. The molecule has 3 bridgehead atoms. The Morgan fingerprint density at radius 1 is 1.00 bits per heavy atom. The summed E-state index contributed by atoms with van der Waals surface area (Å²) in [6.07, 6.45) is 10.8. The molecular weight excluding hydrogens is 314 g/mol. The van der Waals surface area contributed by atoms with Gasteiger partial charge in [-0.25, -0.2) is 0 Å². The fourth-order valence-corrected chi connectivity index (χ4v) is 8.30. The second kappa shape index (κ2) is 5.09. The van der Waals surface area contributed by atoms with Crippen LogP contribution in [0.4, 0.5) is 0 Å². The maximum Gasteiger partial charge on any atom is 0.226 e. The lowest BCUT2D eigenvalue weighted by molar-refractivity contribution is -0.141. The smallest absolute Gasteiger partial charge is 0.226 e. The van der Waals surface area contributed by atoms with Crippen LogP contribution in [0, 0.1) is 35.5 Å². The molecule has 0 radical (unpaired) electrons. The summed E-state index contributed by atoms with van der Waals surface area (Å²) in [5.74, 6) is 5.00. The summed E-state index contributed by atoms with van der Waals surface area (Å²) >= 11 is 1.91. The molecule has 5 aliphatic rings. The minimum atomic E-state index is 0.298. The van der Waals surface area contributed by atoms with Crippen LogP contribution in [0.3, 0.4) is 0 Å². The molecule has 1 saturated heterocycles. The second-order valence-corrected chi connectivity index (χ2v) is 10.3. The van der Waals surface area contributed by atoms with Crippen molar-refractivity contribution < 1.29 is 4.79 Å². The molecule has 3 heteroatoms. The summed E-state index contributed by atoms with van der Waals surface area (Å²) in [4.78, 5) is 17.3. The number of carbonyl (C=O) groups is 1. The average molecular weight is 342 g/mol. The minimum Gasteiger partial charge on any atom is -0.339 e. The van der Waals surface area contributed by atoms with E-state index in [2.05, 4.69) is 16.3 Å². The zero-order valence-corrected chi connectivity index (χ0v) is 15.1. The van der Waals surface area contributed by atoms with E-state index in [0.717, 1.165) is 43.1 Å². The van der Waals surface area contributed by atoms with E-state index in [1.54, 1.807) is 4.88 Å². The van der Waals surface area contributed by atoms with Crippen molar-refractivity contribution in [1.29, 1.82) is 0 Å². The molecule has 3 saturated carbocycles. The number of carbonyl (C=O) groups excluding carboxylic acids is 1. The molecule has 24 heavy (non-hydrogen) atoms. The number of fused-ring (bicyclic) bond motifs is 4. The molecule has 2 nitrogen and oxygen atoms in total. The summed E-state index contributed by atoms with van der Waals surface area (Å²) in [6, 6.07) is 2.87. The molecule has 6 rings (SSSR count). The number of rotatable bonds is 1. The van der Waals surface area contributed by atoms with E-state index in [-0.39, 0.29) is 0 Å². The van der Waals surface area contributed by atoms with Crippen LogP contribution >= 0.6 is 11.3 Å². The first-order valence-corrected chi connectivity index (χ1v) is 11.0. The third-order valence-electron chi connectivity index (χ3n) is 8.31. The quantitative estimate of drug-likeness (QED) is 0.752. The van der Waals surface area contributed by atoms with Gasteiger partial charge in [-0.2, -0.15) is 0 Å². The number of likely N-dealkylation sites (tertiary alicyclic amines) is 1. The van der Waals surface area contributed by atoms with Gasteiger partial charge in [0.25, 0.3) is 0 Å². The lowest BCUT2D eigenvalue weighted by Gasteiger charge is -2.56. The SMILES string of the molecule is O=C1[C@H]2Cc3ccsc3C[C@@H]2CN1C1C2CCC3CCC(C2)CC31. The molecule has 0 aromatic carbocycles. The molecular formula is C21H27NOS. The van der Waals surface area contributed by atoms with Crippen molar-refractivity contribution in [2.45, 2.75) is 57.4 Å². The predicted octanol–water partition coefficient (Wildman–Crippen LogP) is 4.14. The maximum absolute atomic E-state index is 13.3. The van der Waals surface area contributed by atoms with Crippen LogP contribution in [0.15, 0.2) is 11.4 Å². The van der Waals surface area contributed by atoms with E-state index >= 15 is 0 Å². The van der Waals surface area contributed by atoms with Crippen LogP contribution in [0.2, 0.25) is 0 Å². The van der Waals surface area contributed by atoms with Gasteiger partial charge in [-0.3, -0.25) is 4.79 Å². The Morgan fingerprint density at radius 3 is 2.83 bits per heavy atom. The average Bonchev–Trinajstić information content (AvgIpc) is 3.15. The monoisotopic (exact) mass is 341 g/mol. The summed E-state index contributed by atoms with van der Waals surface area (Å²) in [5.41, 5.74) is 1.47. The molecule has 1 amide bonds. The highest BCUT2D eigenvalue weighted by Crippen LogP contribution is 2.55. The van der Waals surface area contributed by atoms with Gasteiger partial charge in [-0.05, 0) is 91.5 Å². The summed E-state index contributed by atoms with van der Waals surface area (Å²) in [7, 11) is 0. The van der Waals surface area contributed by atoms with E-state index in [9.17, 15) is 4.79 Å². The van der Waals surface area contributed by atoms with Gasteiger partial charge < -0.3 is 4.90 Å². The highest BCUT2D eigenvalue weighted by Gasteiger charge is 2.54.